The molecule has 0 bridgehead atoms. The zero-order valence-corrected chi connectivity index (χ0v) is 9.95. The lowest BCUT2D eigenvalue weighted by Crippen LogP contribution is -2.05. The molecule has 0 amide bonds. The molecule has 1 aromatic rings. The fraction of sp³-hybridized carbons (Fsp3) is 0.300. The van der Waals surface area contributed by atoms with Gasteiger partial charge in [-0.25, -0.2) is 5.90 Å². The van der Waals surface area contributed by atoms with E-state index in [2.05, 4.69) is 20.8 Å². The average molecular weight is 288 g/mol. The number of nitrogens with two attached hydrogens (primary N) is 1. The fourth-order valence-corrected chi connectivity index (χ4v) is 2.22. The Morgan fingerprint density at radius 1 is 1.50 bits per heavy atom. The first-order valence-electron chi connectivity index (χ1n) is 4.65. The van der Waals surface area contributed by atoms with Gasteiger partial charge < -0.3 is 14.3 Å². The smallest absolute Gasteiger partial charge is 0.231 e. The minimum absolute atomic E-state index is 0.128. The van der Waals surface area contributed by atoms with Gasteiger partial charge in [0.15, 0.2) is 17.8 Å². The third-order valence-electron chi connectivity index (χ3n) is 2.32. The lowest BCUT2D eigenvalue weighted by molar-refractivity contribution is 0.111. The van der Waals surface area contributed by atoms with Gasteiger partial charge in [-0.05, 0) is 6.07 Å². The van der Waals surface area contributed by atoms with Crippen LogP contribution in [0.25, 0.3) is 0 Å². The summed E-state index contributed by atoms with van der Waals surface area (Å²) >= 11 is 3.38. The van der Waals surface area contributed by atoms with Crippen molar-refractivity contribution in [1.29, 1.82) is 0 Å². The van der Waals surface area contributed by atoms with Crippen LogP contribution >= 0.6 is 15.9 Å². The molecule has 86 valence electrons. The second-order valence-electron chi connectivity index (χ2n) is 3.23. The fourth-order valence-electron chi connectivity index (χ4n) is 1.60. The van der Waals surface area contributed by atoms with E-state index in [1.54, 1.807) is 6.07 Å². The molecule has 1 aliphatic heterocycles. The highest BCUT2D eigenvalue weighted by Crippen LogP contribution is 2.42. The zero-order chi connectivity index (χ0) is 11.5. The molecule has 5 nitrogen and oxygen atoms in total. The van der Waals surface area contributed by atoms with Gasteiger partial charge >= 0.3 is 0 Å². The highest BCUT2D eigenvalue weighted by atomic mass is 79.9. The molecule has 6 heteroatoms. The lowest BCUT2D eigenvalue weighted by atomic mass is 10.1. The Labute approximate surface area is 101 Å². The van der Waals surface area contributed by atoms with Crippen molar-refractivity contribution in [1.82, 2.24) is 0 Å². The summed E-state index contributed by atoms with van der Waals surface area (Å²) in [6, 6.07) is 1.70. The molecule has 16 heavy (non-hydrogen) atoms. The molecule has 2 rings (SSSR count). The van der Waals surface area contributed by atoms with Crippen molar-refractivity contribution < 1.29 is 19.1 Å². The van der Waals surface area contributed by atoms with Crippen LogP contribution in [0.2, 0.25) is 0 Å². The molecule has 0 radical (unpaired) electrons. The molecule has 1 aliphatic rings. The topological polar surface area (TPSA) is 70.8 Å². The van der Waals surface area contributed by atoms with Gasteiger partial charge in [-0.15, -0.1) is 0 Å². The Balaban J connectivity index is 2.45. The van der Waals surface area contributed by atoms with Crippen LogP contribution in [0.15, 0.2) is 10.5 Å². The van der Waals surface area contributed by atoms with Crippen molar-refractivity contribution in [3.05, 3.63) is 21.7 Å². The van der Waals surface area contributed by atoms with E-state index >= 15 is 0 Å². The number of carbonyl (C=O) groups excluding carboxylic acids is 1. The van der Waals surface area contributed by atoms with Crippen molar-refractivity contribution >= 4 is 22.2 Å². The van der Waals surface area contributed by atoms with Gasteiger partial charge in [0, 0.05) is 16.5 Å². The minimum atomic E-state index is 0.128. The standard InChI is InChI=1S/C10H10BrNO4/c11-8-3-6(4-13)9-10(15-5-14-9)7(8)1-2-16-12/h3-4H,1-2,5,12H2. The summed E-state index contributed by atoms with van der Waals surface area (Å²) in [5.41, 5.74) is 1.36. The first kappa shape index (κ1) is 11.4. The van der Waals surface area contributed by atoms with Crippen molar-refractivity contribution in [2.75, 3.05) is 13.4 Å². The van der Waals surface area contributed by atoms with Crippen LogP contribution in [0, 0.1) is 0 Å². The summed E-state index contributed by atoms with van der Waals surface area (Å²) in [7, 11) is 0. The number of carbonyl (C=O) groups is 1. The van der Waals surface area contributed by atoms with Gasteiger partial charge in [-0.1, -0.05) is 15.9 Å². The number of halogens is 1. The number of fused-ring (bicyclic) bond motifs is 1. The van der Waals surface area contributed by atoms with Crippen LogP contribution in [0.4, 0.5) is 0 Å². The van der Waals surface area contributed by atoms with E-state index in [0.717, 1.165) is 16.3 Å². The van der Waals surface area contributed by atoms with Gasteiger partial charge in [0.25, 0.3) is 0 Å². The van der Waals surface area contributed by atoms with Crippen LogP contribution < -0.4 is 15.4 Å². The number of aldehydes is 1. The second-order valence-corrected chi connectivity index (χ2v) is 4.08. The third kappa shape index (κ3) is 1.91. The van der Waals surface area contributed by atoms with E-state index in [1.165, 1.54) is 0 Å². The minimum Gasteiger partial charge on any atom is -0.453 e. The van der Waals surface area contributed by atoms with Crippen LogP contribution in [0.3, 0.4) is 0 Å². The van der Waals surface area contributed by atoms with E-state index in [-0.39, 0.29) is 6.79 Å². The summed E-state index contributed by atoms with van der Waals surface area (Å²) < 4.78 is 11.4. The predicted octanol–water partition coefficient (Wildman–Crippen LogP) is 1.42. The Kier molecular flexibility index (Phi) is 3.42. The molecule has 0 saturated heterocycles. The molecule has 0 fully saturated rings. The number of ether oxygens (including phenoxy) is 2. The number of hydrogen-bond donors (Lipinski definition) is 1. The maximum absolute atomic E-state index is 10.8. The molecule has 0 saturated carbocycles. The van der Waals surface area contributed by atoms with Crippen molar-refractivity contribution in [2.45, 2.75) is 6.42 Å². The molecule has 0 atom stereocenters. The molecule has 0 unspecified atom stereocenters. The summed E-state index contributed by atoms with van der Waals surface area (Å²) in [4.78, 5) is 15.4. The Hall–Kier alpha value is -1.11. The monoisotopic (exact) mass is 287 g/mol. The largest absolute Gasteiger partial charge is 0.453 e. The Morgan fingerprint density at radius 3 is 2.94 bits per heavy atom. The van der Waals surface area contributed by atoms with Gasteiger partial charge in [0.05, 0.1) is 12.2 Å². The summed E-state index contributed by atoms with van der Waals surface area (Å²) in [5, 5.41) is 0. The van der Waals surface area contributed by atoms with Gasteiger partial charge in [-0.2, -0.15) is 0 Å². The maximum atomic E-state index is 10.8. The van der Waals surface area contributed by atoms with Crippen LogP contribution in [0.1, 0.15) is 15.9 Å². The Morgan fingerprint density at radius 2 is 2.25 bits per heavy atom. The molecule has 2 N–H and O–H groups in total. The molecular formula is C10H10BrNO4. The maximum Gasteiger partial charge on any atom is 0.231 e. The normalized spacial score (nSPS) is 12.9. The van der Waals surface area contributed by atoms with E-state index < -0.39 is 0 Å². The summed E-state index contributed by atoms with van der Waals surface area (Å²) in [6.07, 6.45) is 1.32. The highest BCUT2D eigenvalue weighted by molar-refractivity contribution is 9.10. The van der Waals surface area contributed by atoms with Gasteiger partial charge in [0.2, 0.25) is 6.79 Å². The SMILES string of the molecule is NOCCc1c(Br)cc(C=O)c2c1OCO2. The summed E-state index contributed by atoms with van der Waals surface area (Å²) in [5.74, 6) is 6.07. The molecule has 0 aliphatic carbocycles. The average Bonchev–Trinajstić information content (AvgIpc) is 2.76. The quantitative estimate of drug-likeness (QED) is 0.670. The van der Waals surface area contributed by atoms with Gasteiger partial charge in [-0.3, -0.25) is 4.79 Å². The number of rotatable bonds is 4. The lowest BCUT2D eigenvalue weighted by Gasteiger charge is -2.09. The molecule has 1 heterocycles. The number of benzene rings is 1. The van der Waals surface area contributed by atoms with E-state index in [4.69, 9.17) is 15.4 Å². The third-order valence-corrected chi connectivity index (χ3v) is 3.02. The van der Waals surface area contributed by atoms with E-state index in [1.807, 2.05) is 0 Å². The zero-order valence-electron chi connectivity index (χ0n) is 8.36. The first-order chi connectivity index (χ1) is 7.77. The highest BCUT2D eigenvalue weighted by Gasteiger charge is 2.24. The van der Waals surface area contributed by atoms with Crippen LogP contribution in [0.5, 0.6) is 11.5 Å². The predicted molar refractivity (Wildman–Crippen MR) is 59.5 cm³/mol. The second kappa shape index (κ2) is 4.82. The summed E-state index contributed by atoms with van der Waals surface area (Å²) in [6.45, 7) is 0.498. The Bertz CT molecular complexity index is 422. The molecular weight excluding hydrogens is 278 g/mol. The molecule has 0 spiro atoms. The van der Waals surface area contributed by atoms with Crippen molar-refractivity contribution in [2.24, 2.45) is 5.90 Å². The van der Waals surface area contributed by atoms with Crippen molar-refractivity contribution in [3.63, 3.8) is 0 Å². The van der Waals surface area contributed by atoms with Crippen LogP contribution in [-0.4, -0.2) is 19.7 Å². The van der Waals surface area contributed by atoms with Gasteiger partial charge in [0.1, 0.15) is 0 Å². The van der Waals surface area contributed by atoms with E-state index in [9.17, 15) is 4.79 Å². The first-order valence-corrected chi connectivity index (χ1v) is 5.45. The van der Waals surface area contributed by atoms with E-state index in [0.29, 0.717) is 30.1 Å². The van der Waals surface area contributed by atoms with Crippen LogP contribution in [-0.2, 0) is 11.3 Å². The van der Waals surface area contributed by atoms with Crippen molar-refractivity contribution in [3.8, 4) is 11.5 Å². The number of hydrogen-bond acceptors (Lipinski definition) is 5. The molecule has 1 aromatic carbocycles. The molecule has 0 aromatic heterocycles.